The Balaban J connectivity index is 2.67. The molecule has 0 atom stereocenters. The molecule has 0 bridgehead atoms. The molecule has 0 amide bonds. The monoisotopic (exact) mass is 291 g/mol. The zero-order chi connectivity index (χ0) is 15.0. The number of pyridine rings is 1. The molecule has 0 fully saturated rings. The van der Waals surface area contributed by atoms with Crippen molar-refractivity contribution in [3.63, 3.8) is 0 Å². The molecule has 0 aliphatic heterocycles. The molecule has 0 saturated carbocycles. The van der Waals surface area contributed by atoms with E-state index in [9.17, 15) is 13.2 Å². The van der Waals surface area contributed by atoms with E-state index in [1.807, 2.05) is 0 Å². The van der Waals surface area contributed by atoms with E-state index >= 15 is 0 Å². The molecule has 2 N–H and O–H groups in total. The molecule has 0 spiro atoms. The summed E-state index contributed by atoms with van der Waals surface area (Å²) in [5, 5.41) is 12.0. The minimum atomic E-state index is -4.32. The van der Waals surface area contributed by atoms with Crippen molar-refractivity contribution in [3.05, 3.63) is 23.9 Å². The van der Waals surface area contributed by atoms with Crippen LogP contribution in [-0.2, 0) is 6.54 Å². The molecule has 1 rings (SSSR count). The van der Waals surface area contributed by atoms with Crippen LogP contribution in [-0.4, -0.2) is 42.5 Å². The lowest BCUT2D eigenvalue weighted by Crippen LogP contribution is -2.36. The summed E-state index contributed by atoms with van der Waals surface area (Å²) in [5.74, 6) is 0.218. The molecular weight excluding hydrogens is 271 g/mol. The van der Waals surface area contributed by atoms with Crippen molar-refractivity contribution in [2.24, 2.45) is 0 Å². The number of aliphatic hydroxyl groups excluding tert-OH is 1. The van der Waals surface area contributed by atoms with Crippen LogP contribution in [0, 0.1) is 0 Å². The summed E-state index contributed by atoms with van der Waals surface area (Å²) in [6.07, 6.45) is -1.75. The first-order valence-electron chi connectivity index (χ1n) is 6.54. The number of aliphatic hydroxyl groups is 1. The third kappa shape index (κ3) is 6.21. The Hall–Kier alpha value is -1.34. The first kappa shape index (κ1) is 16.7. The molecular formula is C13H20F3N3O. The SMILES string of the molecule is CCCNCc1ccc(N(CCO)CC(F)(F)F)nc1. The summed E-state index contributed by atoms with van der Waals surface area (Å²) in [4.78, 5) is 5.05. The van der Waals surface area contributed by atoms with Crippen LogP contribution in [0.25, 0.3) is 0 Å². The van der Waals surface area contributed by atoms with E-state index in [1.165, 1.54) is 0 Å². The first-order valence-corrected chi connectivity index (χ1v) is 6.54. The number of nitrogens with one attached hydrogen (secondary N) is 1. The van der Waals surface area contributed by atoms with Gasteiger partial charge in [0, 0.05) is 19.3 Å². The van der Waals surface area contributed by atoms with Gasteiger partial charge in [-0.1, -0.05) is 13.0 Å². The fraction of sp³-hybridized carbons (Fsp3) is 0.615. The van der Waals surface area contributed by atoms with Crippen LogP contribution in [0.4, 0.5) is 19.0 Å². The van der Waals surface area contributed by atoms with Gasteiger partial charge in [0.2, 0.25) is 0 Å². The number of aromatic nitrogens is 1. The molecule has 1 heterocycles. The Bertz CT molecular complexity index is 381. The van der Waals surface area contributed by atoms with Crippen molar-refractivity contribution in [2.75, 3.05) is 31.1 Å². The summed E-state index contributed by atoms with van der Waals surface area (Å²) in [5.41, 5.74) is 0.915. The minimum absolute atomic E-state index is 0.0973. The number of nitrogens with zero attached hydrogens (tertiary/aromatic N) is 2. The number of hydrogen-bond donors (Lipinski definition) is 2. The number of anilines is 1. The van der Waals surface area contributed by atoms with Gasteiger partial charge in [0.15, 0.2) is 0 Å². The molecule has 0 unspecified atom stereocenters. The van der Waals surface area contributed by atoms with Gasteiger partial charge >= 0.3 is 6.18 Å². The van der Waals surface area contributed by atoms with Crippen molar-refractivity contribution in [1.82, 2.24) is 10.3 Å². The lowest BCUT2D eigenvalue weighted by molar-refractivity contribution is -0.120. The van der Waals surface area contributed by atoms with E-state index in [-0.39, 0.29) is 19.0 Å². The predicted octanol–water partition coefficient (Wildman–Crippen LogP) is 1.94. The Kier molecular flexibility index (Phi) is 6.74. The highest BCUT2D eigenvalue weighted by molar-refractivity contribution is 5.39. The van der Waals surface area contributed by atoms with Gasteiger partial charge in [-0.15, -0.1) is 0 Å². The van der Waals surface area contributed by atoms with Crippen LogP contribution >= 0.6 is 0 Å². The van der Waals surface area contributed by atoms with E-state index < -0.39 is 12.7 Å². The largest absolute Gasteiger partial charge is 0.405 e. The Morgan fingerprint density at radius 1 is 1.35 bits per heavy atom. The van der Waals surface area contributed by atoms with Crippen LogP contribution in [0.3, 0.4) is 0 Å². The number of hydrogen-bond acceptors (Lipinski definition) is 4. The van der Waals surface area contributed by atoms with Crippen LogP contribution < -0.4 is 10.2 Å². The Morgan fingerprint density at radius 3 is 2.60 bits per heavy atom. The highest BCUT2D eigenvalue weighted by Gasteiger charge is 2.31. The molecule has 0 radical (unpaired) electrons. The van der Waals surface area contributed by atoms with Crippen LogP contribution in [0.5, 0.6) is 0 Å². The van der Waals surface area contributed by atoms with Gasteiger partial charge < -0.3 is 15.3 Å². The number of rotatable bonds is 8. The van der Waals surface area contributed by atoms with E-state index in [0.29, 0.717) is 6.54 Å². The highest BCUT2D eigenvalue weighted by Crippen LogP contribution is 2.20. The molecule has 7 heteroatoms. The third-order valence-electron chi connectivity index (χ3n) is 2.63. The topological polar surface area (TPSA) is 48.4 Å². The quantitative estimate of drug-likeness (QED) is 0.719. The standard InChI is InChI=1S/C13H20F3N3O/c1-2-5-17-8-11-3-4-12(18-9-11)19(6-7-20)10-13(14,15)16/h3-4,9,17,20H,2,5-8,10H2,1H3. The zero-order valence-electron chi connectivity index (χ0n) is 11.5. The number of alkyl halides is 3. The summed E-state index contributed by atoms with van der Waals surface area (Å²) >= 11 is 0. The van der Waals surface area contributed by atoms with E-state index in [0.717, 1.165) is 23.4 Å². The maximum Gasteiger partial charge on any atom is 0.405 e. The van der Waals surface area contributed by atoms with Crippen molar-refractivity contribution in [3.8, 4) is 0 Å². The fourth-order valence-electron chi connectivity index (χ4n) is 1.73. The average molecular weight is 291 g/mol. The third-order valence-corrected chi connectivity index (χ3v) is 2.63. The van der Waals surface area contributed by atoms with E-state index in [4.69, 9.17) is 5.11 Å². The molecule has 0 aliphatic rings. The summed E-state index contributed by atoms with van der Waals surface area (Å²) in [6, 6.07) is 3.29. The molecule has 0 aromatic carbocycles. The van der Waals surface area contributed by atoms with Crippen molar-refractivity contribution < 1.29 is 18.3 Å². The van der Waals surface area contributed by atoms with E-state index in [1.54, 1.807) is 18.3 Å². The molecule has 0 aliphatic carbocycles. The maximum atomic E-state index is 12.4. The first-order chi connectivity index (χ1) is 9.46. The molecule has 1 aromatic rings. The lowest BCUT2D eigenvalue weighted by Gasteiger charge is -2.24. The smallest absolute Gasteiger partial charge is 0.395 e. The molecule has 0 saturated heterocycles. The summed E-state index contributed by atoms with van der Waals surface area (Å²) < 4.78 is 37.3. The fourth-order valence-corrected chi connectivity index (χ4v) is 1.73. The molecule has 114 valence electrons. The predicted molar refractivity (Wildman–Crippen MR) is 71.6 cm³/mol. The van der Waals surface area contributed by atoms with Gasteiger partial charge in [-0.05, 0) is 24.6 Å². The second-order valence-electron chi connectivity index (χ2n) is 4.46. The van der Waals surface area contributed by atoms with Gasteiger partial charge in [-0.25, -0.2) is 4.98 Å². The Labute approximate surface area is 116 Å². The van der Waals surface area contributed by atoms with Gasteiger partial charge in [0.05, 0.1) is 6.61 Å². The molecule has 1 aromatic heterocycles. The van der Waals surface area contributed by atoms with Crippen molar-refractivity contribution in [1.29, 1.82) is 0 Å². The van der Waals surface area contributed by atoms with E-state index in [2.05, 4.69) is 17.2 Å². The lowest BCUT2D eigenvalue weighted by atomic mass is 10.2. The van der Waals surface area contributed by atoms with Gasteiger partial charge in [-0.3, -0.25) is 0 Å². The maximum absolute atomic E-state index is 12.4. The molecule has 4 nitrogen and oxygen atoms in total. The highest BCUT2D eigenvalue weighted by atomic mass is 19.4. The minimum Gasteiger partial charge on any atom is -0.395 e. The summed E-state index contributed by atoms with van der Waals surface area (Å²) in [7, 11) is 0. The van der Waals surface area contributed by atoms with Crippen LogP contribution in [0.2, 0.25) is 0 Å². The van der Waals surface area contributed by atoms with Gasteiger partial charge in [0.1, 0.15) is 12.4 Å². The van der Waals surface area contributed by atoms with Crippen molar-refractivity contribution >= 4 is 5.82 Å². The van der Waals surface area contributed by atoms with Gasteiger partial charge in [0.25, 0.3) is 0 Å². The Morgan fingerprint density at radius 2 is 2.10 bits per heavy atom. The van der Waals surface area contributed by atoms with Gasteiger partial charge in [-0.2, -0.15) is 13.2 Å². The van der Waals surface area contributed by atoms with Crippen LogP contribution in [0.15, 0.2) is 18.3 Å². The summed E-state index contributed by atoms with van der Waals surface area (Å²) in [6.45, 7) is 2.01. The molecule has 20 heavy (non-hydrogen) atoms. The average Bonchev–Trinajstić information content (AvgIpc) is 2.38. The van der Waals surface area contributed by atoms with Crippen LogP contribution in [0.1, 0.15) is 18.9 Å². The second-order valence-corrected chi connectivity index (χ2v) is 4.46. The zero-order valence-corrected chi connectivity index (χ0v) is 11.5. The second kappa shape index (κ2) is 8.06. The van der Waals surface area contributed by atoms with Crippen molar-refractivity contribution in [2.45, 2.75) is 26.1 Å². The normalized spacial score (nSPS) is 11.7. The number of halogens is 3.